The number of aromatic amines is 1. The van der Waals surface area contributed by atoms with Crippen LogP contribution in [0.4, 0.5) is 5.13 Å². The number of esters is 1. The van der Waals surface area contributed by atoms with Crippen molar-refractivity contribution in [1.29, 1.82) is 0 Å². The van der Waals surface area contributed by atoms with Gasteiger partial charge in [-0.15, -0.1) is 11.3 Å². The first-order valence-electron chi connectivity index (χ1n) is 11.2. The van der Waals surface area contributed by atoms with Gasteiger partial charge in [-0.3, -0.25) is 4.79 Å². The van der Waals surface area contributed by atoms with Crippen molar-refractivity contribution >= 4 is 39.4 Å². The molecule has 0 aliphatic rings. The minimum atomic E-state index is -1.12. The fraction of sp³-hybridized carbons (Fsp3) is 0.160. The lowest BCUT2D eigenvalue weighted by Gasteiger charge is -2.18. The number of aromatic nitrogens is 5. The highest BCUT2D eigenvalue weighted by molar-refractivity contribution is 7.14. The molecule has 188 valence electrons. The van der Waals surface area contributed by atoms with Crippen LogP contribution >= 0.6 is 11.3 Å². The Morgan fingerprint density at radius 2 is 2.00 bits per heavy atom. The summed E-state index contributed by atoms with van der Waals surface area (Å²) in [6.45, 7) is 0. The first-order valence-corrected chi connectivity index (χ1v) is 12.1. The third-order valence-electron chi connectivity index (χ3n) is 5.93. The first kappa shape index (κ1) is 24.0. The summed E-state index contributed by atoms with van der Waals surface area (Å²) in [5, 5.41) is 15.4. The fourth-order valence-electron chi connectivity index (χ4n) is 4.08. The number of aromatic hydroxyl groups is 1. The Labute approximate surface area is 214 Å². The van der Waals surface area contributed by atoms with E-state index in [1.165, 1.54) is 12.5 Å². The molecule has 0 bridgehead atoms. The third-order valence-corrected chi connectivity index (χ3v) is 6.69. The molecule has 1 atom stereocenters. The molecule has 0 aliphatic carbocycles. The number of hydrogen-bond acceptors (Lipinski definition) is 8. The molecule has 0 aliphatic heterocycles. The minimum absolute atomic E-state index is 0.0521. The molecule has 0 radical (unpaired) electrons. The number of fused-ring (bicyclic) bond motifs is 1. The number of hydrogen-bond donors (Lipinski definition) is 3. The quantitative estimate of drug-likeness (QED) is 0.281. The van der Waals surface area contributed by atoms with Gasteiger partial charge in [0.05, 0.1) is 24.5 Å². The molecule has 3 aromatic heterocycles. The number of aryl methyl sites for hydroxylation is 1. The summed E-state index contributed by atoms with van der Waals surface area (Å²) in [5.74, 6) is -1.60. The first-order chi connectivity index (χ1) is 17.9. The lowest BCUT2D eigenvalue weighted by atomic mass is 10.0. The molecule has 0 spiro atoms. The predicted molar refractivity (Wildman–Crippen MR) is 138 cm³/mol. The van der Waals surface area contributed by atoms with Gasteiger partial charge in [-0.05, 0) is 17.7 Å². The Balaban J connectivity index is 1.53. The number of ether oxygens (including phenoxy) is 1. The van der Waals surface area contributed by atoms with Crippen LogP contribution in [-0.2, 0) is 23.0 Å². The minimum Gasteiger partial charge on any atom is -0.493 e. The molecular weight excluding hydrogens is 496 g/mol. The van der Waals surface area contributed by atoms with E-state index in [2.05, 4.69) is 25.0 Å². The van der Waals surface area contributed by atoms with Crippen molar-refractivity contribution in [2.75, 3.05) is 12.4 Å². The predicted octanol–water partition coefficient (Wildman–Crippen LogP) is 3.10. The third kappa shape index (κ3) is 4.61. The van der Waals surface area contributed by atoms with Gasteiger partial charge >= 0.3 is 11.7 Å². The van der Waals surface area contributed by atoms with Crippen LogP contribution in [-0.4, -0.2) is 48.2 Å². The zero-order chi connectivity index (χ0) is 26.1. The number of thiazole rings is 1. The molecule has 0 saturated carbocycles. The van der Waals surface area contributed by atoms with E-state index in [0.29, 0.717) is 11.1 Å². The number of nitrogens with one attached hydrogen (secondary N) is 2. The Morgan fingerprint density at radius 1 is 1.22 bits per heavy atom. The van der Waals surface area contributed by atoms with Crippen LogP contribution in [0.15, 0.2) is 65.0 Å². The SMILES string of the molecule is COC(=O)c1csc(NC(=O)[C@H](Cc2ccccc2)n2c(O)c(-c3ccc4c(c3)ncn4C)[nH]c2=O)n1. The molecule has 11 nitrogen and oxygen atoms in total. The van der Waals surface area contributed by atoms with Gasteiger partial charge in [-0.2, -0.15) is 0 Å². The average Bonchev–Trinajstić information content (AvgIpc) is 3.60. The van der Waals surface area contributed by atoms with Gasteiger partial charge in [0.2, 0.25) is 11.8 Å². The Bertz CT molecular complexity index is 1670. The largest absolute Gasteiger partial charge is 0.493 e. The number of methoxy groups -OCH3 is 1. The van der Waals surface area contributed by atoms with Crippen LogP contribution < -0.4 is 11.0 Å². The normalized spacial score (nSPS) is 11.9. The van der Waals surface area contributed by atoms with Gasteiger partial charge < -0.3 is 24.7 Å². The van der Waals surface area contributed by atoms with Crippen LogP contribution in [0.25, 0.3) is 22.3 Å². The Hall–Kier alpha value is -4.71. The van der Waals surface area contributed by atoms with E-state index in [9.17, 15) is 19.5 Å². The second-order valence-electron chi connectivity index (χ2n) is 8.28. The van der Waals surface area contributed by atoms with Gasteiger partial charge in [0.15, 0.2) is 10.8 Å². The van der Waals surface area contributed by atoms with Crippen LogP contribution in [0.1, 0.15) is 22.1 Å². The number of rotatable bonds is 7. The van der Waals surface area contributed by atoms with Crippen molar-refractivity contribution in [2.45, 2.75) is 12.5 Å². The van der Waals surface area contributed by atoms with Crippen molar-refractivity contribution in [3.05, 3.63) is 82.0 Å². The van der Waals surface area contributed by atoms with Gasteiger partial charge in [0.25, 0.3) is 0 Å². The summed E-state index contributed by atoms with van der Waals surface area (Å²) in [7, 11) is 3.11. The van der Waals surface area contributed by atoms with E-state index in [1.807, 2.05) is 48.0 Å². The number of carbonyl (C=O) groups excluding carboxylic acids is 2. The average molecular weight is 519 g/mol. The molecule has 0 saturated heterocycles. The molecule has 3 heterocycles. The summed E-state index contributed by atoms with van der Waals surface area (Å²) in [5.41, 5.74) is 2.47. The highest BCUT2D eigenvalue weighted by Crippen LogP contribution is 2.31. The second-order valence-corrected chi connectivity index (χ2v) is 9.14. The van der Waals surface area contributed by atoms with E-state index in [4.69, 9.17) is 0 Å². The van der Waals surface area contributed by atoms with Crippen LogP contribution in [0.5, 0.6) is 5.88 Å². The highest BCUT2D eigenvalue weighted by atomic mass is 32.1. The lowest BCUT2D eigenvalue weighted by molar-refractivity contribution is -0.119. The number of benzene rings is 2. The van der Waals surface area contributed by atoms with Crippen molar-refractivity contribution < 1.29 is 19.4 Å². The second kappa shape index (κ2) is 9.74. The van der Waals surface area contributed by atoms with Gasteiger partial charge in [0.1, 0.15) is 11.7 Å². The molecule has 3 N–H and O–H groups in total. The molecule has 5 aromatic rings. The molecule has 12 heteroatoms. The number of nitrogens with zero attached hydrogens (tertiary/aromatic N) is 4. The standard InChI is InChI=1S/C25H22N6O5S/c1-30-13-26-16-11-15(8-9-18(16)30)20-22(33)31(25(35)28-20)19(10-14-6-4-3-5-7-14)21(32)29-24-27-17(12-37-24)23(34)36-2/h3-9,11-13,19,33H,10H2,1-2H3,(H,28,35)(H,27,29,32)/t19-/m0/s1. The smallest absolute Gasteiger partial charge is 0.357 e. The van der Waals surface area contributed by atoms with Crippen molar-refractivity contribution in [2.24, 2.45) is 7.05 Å². The molecule has 2 aromatic carbocycles. The number of amides is 1. The van der Waals surface area contributed by atoms with Crippen LogP contribution in [0.3, 0.4) is 0 Å². The van der Waals surface area contributed by atoms with Gasteiger partial charge in [-0.1, -0.05) is 36.4 Å². The summed E-state index contributed by atoms with van der Waals surface area (Å²) >= 11 is 1.04. The molecule has 37 heavy (non-hydrogen) atoms. The molecule has 0 unspecified atom stereocenters. The monoisotopic (exact) mass is 518 g/mol. The van der Waals surface area contributed by atoms with Crippen molar-refractivity contribution in [3.8, 4) is 17.1 Å². The van der Waals surface area contributed by atoms with E-state index in [0.717, 1.165) is 27.0 Å². The van der Waals surface area contributed by atoms with Gasteiger partial charge in [-0.25, -0.2) is 24.1 Å². The Kier molecular flexibility index (Phi) is 6.32. The van der Waals surface area contributed by atoms with Crippen LogP contribution in [0, 0.1) is 0 Å². The fourth-order valence-corrected chi connectivity index (χ4v) is 4.76. The van der Waals surface area contributed by atoms with Gasteiger partial charge in [0, 0.05) is 24.4 Å². The summed E-state index contributed by atoms with van der Waals surface area (Å²) in [6.07, 6.45) is 1.79. The summed E-state index contributed by atoms with van der Waals surface area (Å²) in [6, 6.07) is 13.4. The zero-order valence-corrected chi connectivity index (χ0v) is 20.7. The maximum atomic E-state index is 13.4. The maximum absolute atomic E-state index is 13.4. The number of imidazole rings is 2. The maximum Gasteiger partial charge on any atom is 0.357 e. The Morgan fingerprint density at radius 3 is 2.76 bits per heavy atom. The summed E-state index contributed by atoms with van der Waals surface area (Å²) < 4.78 is 7.54. The highest BCUT2D eigenvalue weighted by Gasteiger charge is 2.29. The number of H-pyrrole nitrogens is 1. The molecule has 5 rings (SSSR count). The van der Waals surface area contributed by atoms with E-state index in [1.54, 1.807) is 18.5 Å². The zero-order valence-electron chi connectivity index (χ0n) is 19.8. The van der Waals surface area contributed by atoms with E-state index < -0.39 is 23.6 Å². The van der Waals surface area contributed by atoms with Crippen LogP contribution in [0.2, 0.25) is 0 Å². The van der Waals surface area contributed by atoms with Crippen molar-refractivity contribution in [3.63, 3.8) is 0 Å². The molecule has 0 fully saturated rings. The molecular formula is C25H22N6O5S. The number of anilines is 1. The number of carbonyl (C=O) groups is 2. The topological polar surface area (TPSA) is 144 Å². The van der Waals surface area contributed by atoms with E-state index in [-0.39, 0.29) is 28.8 Å². The van der Waals surface area contributed by atoms with Crippen molar-refractivity contribution in [1.82, 2.24) is 24.1 Å². The molecule has 1 amide bonds. The summed E-state index contributed by atoms with van der Waals surface area (Å²) in [4.78, 5) is 49.4. The van der Waals surface area contributed by atoms with E-state index >= 15 is 0 Å². The lowest BCUT2D eigenvalue weighted by Crippen LogP contribution is -2.33.